The average molecular weight is 615 g/mol. The summed E-state index contributed by atoms with van der Waals surface area (Å²) >= 11 is 13.0. The van der Waals surface area contributed by atoms with E-state index in [0.717, 1.165) is 18.4 Å². The van der Waals surface area contributed by atoms with Gasteiger partial charge in [0, 0.05) is 35.8 Å². The fraction of sp³-hybridized carbons (Fsp3) is 0.214. The van der Waals surface area contributed by atoms with Crippen LogP contribution in [0.5, 0.6) is 0 Å². The van der Waals surface area contributed by atoms with Crippen LogP contribution in [0.4, 0.5) is 23.0 Å². The zero-order chi connectivity index (χ0) is 30.3. The second kappa shape index (κ2) is 13.5. The maximum atomic E-state index is 11.9. The first-order chi connectivity index (χ1) is 20.1. The Morgan fingerprint density at radius 3 is 2.71 bits per heavy atom. The third-order valence-electron chi connectivity index (χ3n) is 6.26. The van der Waals surface area contributed by atoms with E-state index in [9.17, 15) is 15.1 Å². The Kier molecular flexibility index (Phi) is 9.86. The van der Waals surface area contributed by atoms with Gasteiger partial charge in [-0.3, -0.25) is 9.79 Å². The number of rotatable bonds is 11. The number of hydrogen-bond acceptors (Lipinski definition) is 10. The summed E-state index contributed by atoms with van der Waals surface area (Å²) in [6.45, 7) is 3.70. The second-order valence-electron chi connectivity index (χ2n) is 9.34. The van der Waals surface area contributed by atoms with Crippen LogP contribution in [-0.2, 0) is 9.53 Å². The highest BCUT2D eigenvalue weighted by molar-refractivity contribution is 6.36. The SMILES string of the molecule is C=CC(=O)Nc1ccccc1Nc1cc(N(CC2=CN=CCC2)[N+](C)(O)NC2=C(Cl)CC(OC)=CC(O)=C2Cl)ncn1. The van der Waals surface area contributed by atoms with Gasteiger partial charge in [0.1, 0.15) is 41.4 Å². The average Bonchev–Trinajstić information content (AvgIpc) is 3.08. The van der Waals surface area contributed by atoms with Crippen LogP contribution in [0.15, 0.2) is 99.4 Å². The molecule has 2 aromatic rings. The molecule has 2 aliphatic rings. The van der Waals surface area contributed by atoms with Crippen molar-refractivity contribution < 1.29 is 24.7 Å². The largest absolute Gasteiger partial charge is 0.506 e. The number of hydrogen-bond donors (Lipinski definition) is 5. The lowest BCUT2D eigenvalue weighted by Crippen LogP contribution is -2.64. The minimum absolute atomic E-state index is 0.101. The van der Waals surface area contributed by atoms with Crippen LogP contribution in [0, 0.1) is 0 Å². The summed E-state index contributed by atoms with van der Waals surface area (Å²) in [5, 5.41) is 29.9. The van der Waals surface area contributed by atoms with E-state index >= 15 is 0 Å². The summed E-state index contributed by atoms with van der Waals surface area (Å²) in [5.74, 6) is 0.450. The van der Waals surface area contributed by atoms with Crippen molar-refractivity contribution in [3.05, 3.63) is 94.4 Å². The Bertz CT molecular complexity index is 1520. The Morgan fingerprint density at radius 2 is 2.02 bits per heavy atom. The van der Waals surface area contributed by atoms with Gasteiger partial charge in [-0.25, -0.2) is 9.97 Å². The molecule has 0 bridgehead atoms. The normalized spacial score (nSPS) is 16.5. The number of nitrogens with one attached hydrogen (secondary N) is 3. The molecule has 0 saturated heterocycles. The molecule has 1 unspecified atom stereocenters. The molecule has 0 saturated carbocycles. The van der Waals surface area contributed by atoms with Crippen molar-refractivity contribution in [3.8, 4) is 0 Å². The number of ether oxygens (including phenoxy) is 1. The number of anilines is 4. The fourth-order valence-corrected chi connectivity index (χ4v) is 4.65. The summed E-state index contributed by atoms with van der Waals surface area (Å²) in [7, 11) is 2.91. The molecule has 2 heterocycles. The van der Waals surface area contributed by atoms with E-state index in [1.807, 2.05) is 12.3 Å². The van der Waals surface area contributed by atoms with Crippen molar-refractivity contribution >= 4 is 58.3 Å². The van der Waals surface area contributed by atoms with Gasteiger partial charge in [0.05, 0.1) is 30.1 Å². The van der Waals surface area contributed by atoms with E-state index in [1.54, 1.807) is 35.5 Å². The number of aromatic nitrogens is 2. The smallest absolute Gasteiger partial charge is 0.247 e. The number of halogens is 2. The number of aliphatic hydroxyl groups excluding tert-OH is 1. The number of nitrogens with zero attached hydrogens (tertiary/aromatic N) is 5. The second-order valence-corrected chi connectivity index (χ2v) is 10.2. The van der Waals surface area contributed by atoms with Crippen LogP contribution in [0.3, 0.4) is 0 Å². The molecule has 1 atom stereocenters. The molecule has 5 N–H and O–H groups in total. The van der Waals surface area contributed by atoms with Gasteiger partial charge < -0.3 is 20.5 Å². The number of allylic oxidation sites excluding steroid dienone is 3. The van der Waals surface area contributed by atoms with Crippen molar-refractivity contribution in [2.75, 3.05) is 36.3 Å². The highest BCUT2D eigenvalue weighted by Gasteiger charge is 2.36. The standard InChI is InChI=1S/C28H30Cl2N8O4/c1-4-26(40)35-22-10-6-5-9-21(22)34-24-14-25(33-17-32-24)37(16-18-8-7-11-31-15-18)38(2,41)36-28-20(29)12-19(42-3)13-23(39)27(28)30/h4-6,9-11,13-15,17,36,41H,1,7-8,12,16H2,2-3H3,(H2-,32,33,34,35,39,40)/p+1. The summed E-state index contributed by atoms with van der Waals surface area (Å²) in [6, 6.07) is 8.74. The van der Waals surface area contributed by atoms with Crippen LogP contribution in [-0.4, -0.2) is 58.0 Å². The fourth-order valence-electron chi connectivity index (χ4n) is 4.13. The van der Waals surface area contributed by atoms with Gasteiger partial charge in [-0.2, -0.15) is 10.6 Å². The van der Waals surface area contributed by atoms with Crippen LogP contribution in [0.1, 0.15) is 19.3 Å². The Labute approximate surface area is 253 Å². The van der Waals surface area contributed by atoms with Gasteiger partial charge in [0.2, 0.25) is 5.91 Å². The summed E-state index contributed by atoms with van der Waals surface area (Å²) in [4.78, 5) is 23.9. The third-order valence-corrected chi connectivity index (χ3v) is 6.96. The predicted molar refractivity (Wildman–Crippen MR) is 163 cm³/mol. The quantitative estimate of drug-likeness (QED) is 0.125. The van der Waals surface area contributed by atoms with E-state index in [1.165, 1.54) is 32.6 Å². The van der Waals surface area contributed by atoms with Crippen LogP contribution in [0.25, 0.3) is 0 Å². The molecule has 4 rings (SSSR count). The third kappa shape index (κ3) is 7.47. The van der Waals surface area contributed by atoms with Crippen molar-refractivity contribution in [2.45, 2.75) is 19.3 Å². The summed E-state index contributed by atoms with van der Waals surface area (Å²) < 4.78 is 5.27. The van der Waals surface area contributed by atoms with E-state index in [-0.39, 0.29) is 40.4 Å². The van der Waals surface area contributed by atoms with Crippen molar-refractivity contribution in [1.29, 1.82) is 0 Å². The van der Waals surface area contributed by atoms with Crippen molar-refractivity contribution in [3.63, 3.8) is 0 Å². The maximum absolute atomic E-state index is 11.9. The molecule has 1 aliphatic carbocycles. The first kappa shape index (κ1) is 30.6. The number of hydroxylamine groups is 1. The molecule has 14 heteroatoms. The lowest BCUT2D eigenvalue weighted by Gasteiger charge is -2.37. The highest BCUT2D eigenvalue weighted by atomic mass is 35.5. The first-order valence-electron chi connectivity index (χ1n) is 12.8. The maximum Gasteiger partial charge on any atom is 0.247 e. The van der Waals surface area contributed by atoms with E-state index in [0.29, 0.717) is 28.8 Å². The number of para-hydroxylation sites is 2. The topological polar surface area (TPSA) is 144 Å². The van der Waals surface area contributed by atoms with E-state index in [4.69, 9.17) is 27.9 Å². The molecule has 1 aliphatic heterocycles. The number of carbonyl (C=O) groups excluding carboxylic acids is 1. The van der Waals surface area contributed by atoms with Crippen LogP contribution < -0.4 is 21.1 Å². The molecule has 12 nitrogen and oxygen atoms in total. The van der Waals surface area contributed by atoms with Gasteiger partial charge in [0.25, 0.3) is 0 Å². The number of benzene rings is 1. The molecule has 220 valence electrons. The number of aliphatic hydroxyl groups is 1. The molecule has 42 heavy (non-hydrogen) atoms. The highest BCUT2D eigenvalue weighted by Crippen LogP contribution is 2.33. The van der Waals surface area contributed by atoms with Crippen LogP contribution in [0.2, 0.25) is 0 Å². The molecule has 1 aromatic heterocycles. The van der Waals surface area contributed by atoms with Gasteiger partial charge >= 0.3 is 0 Å². The van der Waals surface area contributed by atoms with Crippen LogP contribution >= 0.6 is 23.2 Å². The monoisotopic (exact) mass is 613 g/mol. The first-order valence-corrected chi connectivity index (χ1v) is 13.6. The zero-order valence-corrected chi connectivity index (χ0v) is 24.5. The summed E-state index contributed by atoms with van der Waals surface area (Å²) in [5.41, 5.74) is 5.06. The number of aliphatic imine (C=N–C) groups is 1. The number of carbonyl (C=O) groups is 1. The Morgan fingerprint density at radius 1 is 1.26 bits per heavy atom. The molecule has 0 spiro atoms. The molecule has 1 aromatic carbocycles. The predicted octanol–water partition coefficient (Wildman–Crippen LogP) is 5.55. The van der Waals surface area contributed by atoms with Gasteiger partial charge in [0.15, 0.2) is 5.82 Å². The number of methoxy groups -OCH3 is 1. The molecular weight excluding hydrogens is 583 g/mol. The van der Waals surface area contributed by atoms with E-state index in [2.05, 4.69) is 37.6 Å². The van der Waals surface area contributed by atoms with Gasteiger partial charge in [-0.05, 0) is 36.6 Å². The van der Waals surface area contributed by atoms with E-state index < -0.39 is 4.86 Å². The molecule has 0 radical (unpaired) electrons. The molecule has 0 fully saturated rings. The van der Waals surface area contributed by atoms with Crippen molar-refractivity contribution in [1.82, 2.24) is 15.4 Å². The number of amides is 1. The minimum atomic E-state index is -0.999. The van der Waals surface area contributed by atoms with Crippen molar-refractivity contribution in [2.24, 2.45) is 4.99 Å². The Balaban J connectivity index is 1.70. The minimum Gasteiger partial charge on any atom is -0.506 e. The summed E-state index contributed by atoms with van der Waals surface area (Å²) in [6.07, 6.45) is 9.03. The zero-order valence-electron chi connectivity index (χ0n) is 23.0. The van der Waals surface area contributed by atoms with Gasteiger partial charge in [-0.15, -0.1) is 5.01 Å². The molecular formula is C28H31Cl2N8O4+. The lowest BCUT2D eigenvalue weighted by atomic mass is 10.1. The molecule has 1 amide bonds. The van der Waals surface area contributed by atoms with Gasteiger partial charge in [-0.1, -0.05) is 41.9 Å². The number of quaternary nitrogens is 1. The lowest BCUT2D eigenvalue weighted by molar-refractivity contribution is -1.12. The Hall–Kier alpha value is -4.36.